The Kier molecular flexibility index (Phi) is 4.40. The van der Waals surface area contributed by atoms with Crippen molar-refractivity contribution in [3.63, 3.8) is 0 Å². The van der Waals surface area contributed by atoms with Crippen molar-refractivity contribution >= 4 is 11.8 Å². The second kappa shape index (κ2) is 5.74. The Labute approximate surface area is 122 Å². The van der Waals surface area contributed by atoms with Crippen molar-refractivity contribution in [1.29, 1.82) is 0 Å². The Balaban J connectivity index is 2.23. The molecule has 1 saturated carbocycles. The number of carbonyl (C=O) groups is 2. The molecule has 4 nitrogen and oxygen atoms in total. The molecule has 1 heterocycles. The van der Waals surface area contributed by atoms with Crippen LogP contribution in [0.5, 0.6) is 0 Å². The molecule has 0 spiro atoms. The first-order valence-corrected chi connectivity index (χ1v) is 8.11. The first-order chi connectivity index (χ1) is 9.49. The van der Waals surface area contributed by atoms with E-state index in [1.54, 1.807) is 0 Å². The quantitative estimate of drug-likeness (QED) is 0.859. The Morgan fingerprint density at radius 1 is 1.20 bits per heavy atom. The Morgan fingerprint density at radius 3 is 2.35 bits per heavy atom. The summed E-state index contributed by atoms with van der Waals surface area (Å²) >= 11 is 0. The van der Waals surface area contributed by atoms with E-state index in [9.17, 15) is 9.59 Å². The van der Waals surface area contributed by atoms with Gasteiger partial charge in [0.15, 0.2) is 0 Å². The summed E-state index contributed by atoms with van der Waals surface area (Å²) in [6.07, 6.45) is 4.73. The predicted molar refractivity (Wildman–Crippen MR) is 79.1 cm³/mol. The topological polar surface area (TPSA) is 49.4 Å². The van der Waals surface area contributed by atoms with Crippen LogP contribution in [0.4, 0.5) is 0 Å². The van der Waals surface area contributed by atoms with Crippen LogP contribution in [0.1, 0.15) is 59.8 Å². The molecule has 1 N–H and O–H groups in total. The van der Waals surface area contributed by atoms with Crippen molar-refractivity contribution in [3.05, 3.63) is 0 Å². The van der Waals surface area contributed by atoms with Crippen LogP contribution in [0.2, 0.25) is 0 Å². The molecule has 0 bridgehead atoms. The molecule has 2 aliphatic rings. The standard InChI is InChI=1S/C16H28N2O2/c1-5-12-8-9-13(11(12)4)18-10-14(19)17-16(6-2,7-3)15(18)20/h11-13H,5-10H2,1-4H3,(H,17,19). The molecular weight excluding hydrogens is 252 g/mol. The zero-order chi connectivity index (χ0) is 14.9. The monoisotopic (exact) mass is 280 g/mol. The predicted octanol–water partition coefficient (Wildman–Crippen LogP) is 2.33. The van der Waals surface area contributed by atoms with E-state index in [1.807, 2.05) is 18.7 Å². The second-order valence-electron chi connectivity index (χ2n) is 6.44. The van der Waals surface area contributed by atoms with Crippen LogP contribution in [-0.4, -0.2) is 34.8 Å². The van der Waals surface area contributed by atoms with E-state index in [0.29, 0.717) is 24.7 Å². The molecule has 0 radical (unpaired) electrons. The summed E-state index contributed by atoms with van der Waals surface area (Å²) in [6, 6.07) is 0.246. The molecule has 114 valence electrons. The van der Waals surface area contributed by atoms with Crippen molar-refractivity contribution < 1.29 is 9.59 Å². The van der Waals surface area contributed by atoms with Gasteiger partial charge >= 0.3 is 0 Å². The minimum absolute atomic E-state index is 0.000415. The van der Waals surface area contributed by atoms with Crippen LogP contribution in [0.3, 0.4) is 0 Å². The summed E-state index contributed by atoms with van der Waals surface area (Å²) in [5, 5.41) is 2.94. The average molecular weight is 280 g/mol. The number of hydrogen-bond donors (Lipinski definition) is 1. The highest BCUT2D eigenvalue weighted by Crippen LogP contribution is 2.38. The summed E-state index contributed by atoms with van der Waals surface area (Å²) in [5.41, 5.74) is -0.667. The number of nitrogens with one attached hydrogen (secondary N) is 1. The lowest BCUT2D eigenvalue weighted by molar-refractivity contribution is -0.153. The summed E-state index contributed by atoms with van der Waals surface area (Å²) in [4.78, 5) is 26.8. The number of rotatable bonds is 4. The molecule has 0 aromatic heterocycles. The molecule has 20 heavy (non-hydrogen) atoms. The van der Waals surface area contributed by atoms with Gasteiger partial charge in [-0.2, -0.15) is 0 Å². The highest BCUT2D eigenvalue weighted by Gasteiger charge is 2.48. The molecule has 4 heteroatoms. The van der Waals surface area contributed by atoms with Crippen LogP contribution >= 0.6 is 0 Å². The first kappa shape index (κ1) is 15.3. The number of piperazine rings is 1. The van der Waals surface area contributed by atoms with Gasteiger partial charge in [0.25, 0.3) is 0 Å². The lowest BCUT2D eigenvalue weighted by Crippen LogP contribution is -2.68. The van der Waals surface area contributed by atoms with Gasteiger partial charge in [0.1, 0.15) is 5.54 Å². The van der Waals surface area contributed by atoms with E-state index in [4.69, 9.17) is 0 Å². The maximum Gasteiger partial charge on any atom is 0.249 e. The third kappa shape index (κ3) is 2.33. The molecule has 2 rings (SSSR count). The molecule has 3 unspecified atom stereocenters. The Bertz CT molecular complexity index is 390. The molecular formula is C16H28N2O2. The maximum absolute atomic E-state index is 12.9. The van der Waals surface area contributed by atoms with Crippen LogP contribution in [0.15, 0.2) is 0 Å². The van der Waals surface area contributed by atoms with Gasteiger partial charge in [-0.1, -0.05) is 34.1 Å². The van der Waals surface area contributed by atoms with Gasteiger partial charge in [0.05, 0.1) is 6.54 Å². The second-order valence-corrected chi connectivity index (χ2v) is 6.44. The van der Waals surface area contributed by atoms with Gasteiger partial charge in [-0.25, -0.2) is 0 Å². The molecule has 1 aliphatic carbocycles. The lowest BCUT2D eigenvalue weighted by Gasteiger charge is -2.44. The van der Waals surface area contributed by atoms with Gasteiger partial charge in [-0.3, -0.25) is 9.59 Å². The van der Waals surface area contributed by atoms with Crippen LogP contribution in [0, 0.1) is 11.8 Å². The van der Waals surface area contributed by atoms with Crippen molar-refractivity contribution in [1.82, 2.24) is 10.2 Å². The largest absolute Gasteiger partial charge is 0.340 e. The fourth-order valence-corrected chi connectivity index (χ4v) is 4.10. The fraction of sp³-hybridized carbons (Fsp3) is 0.875. The van der Waals surface area contributed by atoms with Crippen molar-refractivity contribution in [2.75, 3.05) is 6.54 Å². The molecule has 2 fully saturated rings. The van der Waals surface area contributed by atoms with Crippen molar-refractivity contribution in [3.8, 4) is 0 Å². The van der Waals surface area contributed by atoms with E-state index in [0.717, 1.165) is 6.42 Å². The third-order valence-electron chi connectivity index (χ3n) is 5.68. The molecule has 2 amide bonds. The summed E-state index contributed by atoms with van der Waals surface area (Å²) < 4.78 is 0. The minimum Gasteiger partial charge on any atom is -0.340 e. The average Bonchev–Trinajstić information content (AvgIpc) is 2.82. The van der Waals surface area contributed by atoms with Gasteiger partial charge in [0.2, 0.25) is 11.8 Å². The fourth-order valence-electron chi connectivity index (χ4n) is 4.10. The smallest absolute Gasteiger partial charge is 0.249 e. The van der Waals surface area contributed by atoms with Crippen LogP contribution in [-0.2, 0) is 9.59 Å². The summed E-state index contributed by atoms with van der Waals surface area (Å²) in [7, 11) is 0. The van der Waals surface area contributed by atoms with E-state index >= 15 is 0 Å². The molecule has 3 atom stereocenters. The number of hydrogen-bond acceptors (Lipinski definition) is 2. The Hall–Kier alpha value is -1.06. The lowest BCUT2D eigenvalue weighted by atomic mass is 9.86. The Morgan fingerprint density at radius 2 is 1.85 bits per heavy atom. The van der Waals surface area contributed by atoms with Crippen LogP contribution in [0.25, 0.3) is 0 Å². The summed E-state index contributed by atoms with van der Waals surface area (Å²) in [6.45, 7) is 8.67. The first-order valence-electron chi connectivity index (χ1n) is 8.11. The number of amides is 2. The highest BCUT2D eigenvalue weighted by molar-refractivity contribution is 5.98. The van der Waals surface area contributed by atoms with E-state index in [1.165, 1.54) is 12.8 Å². The van der Waals surface area contributed by atoms with Gasteiger partial charge in [-0.05, 0) is 37.5 Å². The van der Waals surface area contributed by atoms with E-state index in [2.05, 4.69) is 19.2 Å². The molecule has 0 aromatic carbocycles. The van der Waals surface area contributed by atoms with Crippen molar-refractivity contribution in [2.24, 2.45) is 11.8 Å². The normalized spacial score (nSPS) is 33.4. The number of nitrogens with zero attached hydrogens (tertiary/aromatic N) is 1. The number of carbonyl (C=O) groups excluding carboxylic acids is 2. The maximum atomic E-state index is 12.9. The minimum atomic E-state index is -0.667. The van der Waals surface area contributed by atoms with Crippen molar-refractivity contribution in [2.45, 2.75) is 71.4 Å². The van der Waals surface area contributed by atoms with E-state index < -0.39 is 5.54 Å². The zero-order valence-electron chi connectivity index (χ0n) is 13.2. The third-order valence-corrected chi connectivity index (χ3v) is 5.68. The molecule has 0 aromatic rings. The van der Waals surface area contributed by atoms with Gasteiger partial charge in [-0.15, -0.1) is 0 Å². The SMILES string of the molecule is CCC1CCC(N2CC(=O)NC(CC)(CC)C2=O)C1C. The highest BCUT2D eigenvalue weighted by atomic mass is 16.2. The van der Waals surface area contributed by atoms with E-state index in [-0.39, 0.29) is 24.4 Å². The van der Waals surface area contributed by atoms with Gasteiger partial charge in [0, 0.05) is 6.04 Å². The zero-order valence-corrected chi connectivity index (χ0v) is 13.2. The van der Waals surface area contributed by atoms with Crippen LogP contribution < -0.4 is 5.32 Å². The summed E-state index contributed by atoms with van der Waals surface area (Å²) in [5.74, 6) is 1.33. The molecule has 1 saturated heterocycles. The molecule has 1 aliphatic heterocycles. The van der Waals surface area contributed by atoms with Gasteiger partial charge < -0.3 is 10.2 Å².